The number of rotatable bonds is 6. The average Bonchev–Trinajstić information content (AvgIpc) is 2.03. The minimum Gasteiger partial charge on any atom is -0.480 e. The maximum atomic E-state index is 10.6. The van der Waals surface area contributed by atoms with Gasteiger partial charge >= 0.3 is 5.97 Å². The minimum absolute atomic E-state index is 0.422. The van der Waals surface area contributed by atoms with Crippen LogP contribution in [0.25, 0.3) is 0 Å². The van der Waals surface area contributed by atoms with Gasteiger partial charge in [0.05, 0.1) is 0 Å². The van der Waals surface area contributed by atoms with Crippen LogP contribution >= 0.6 is 11.8 Å². The number of hydrogen-bond donors (Lipinski definition) is 2. The summed E-state index contributed by atoms with van der Waals surface area (Å²) in [6, 6.07) is -0.817. The Balaban J connectivity index is 4.05. The van der Waals surface area contributed by atoms with Crippen molar-refractivity contribution in [3.05, 3.63) is 12.7 Å². The second-order valence-electron chi connectivity index (χ2n) is 3.35. The fourth-order valence-electron chi connectivity index (χ4n) is 0.792. The van der Waals surface area contributed by atoms with Crippen molar-refractivity contribution in [2.24, 2.45) is 5.73 Å². The lowest BCUT2D eigenvalue weighted by Gasteiger charge is -2.27. The van der Waals surface area contributed by atoms with Gasteiger partial charge in [0.25, 0.3) is 0 Å². The van der Waals surface area contributed by atoms with Crippen molar-refractivity contribution in [1.82, 2.24) is 0 Å². The average molecular weight is 203 g/mol. The van der Waals surface area contributed by atoms with Crippen LogP contribution in [0.15, 0.2) is 12.7 Å². The molecule has 3 nitrogen and oxygen atoms in total. The second-order valence-corrected chi connectivity index (χ2v) is 5.09. The smallest absolute Gasteiger partial charge is 0.321 e. The zero-order chi connectivity index (χ0) is 10.5. The summed E-state index contributed by atoms with van der Waals surface area (Å²) in [5.41, 5.74) is 5.53. The largest absolute Gasteiger partial charge is 0.480 e. The lowest BCUT2D eigenvalue weighted by Crippen LogP contribution is -2.46. The Morgan fingerprint density at radius 2 is 2.31 bits per heavy atom. The molecule has 1 atom stereocenters. The molecule has 0 saturated carbocycles. The predicted molar refractivity (Wildman–Crippen MR) is 57.0 cm³/mol. The molecule has 0 rings (SSSR count). The third kappa shape index (κ3) is 4.33. The van der Waals surface area contributed by atoms with Gasteiger partial charge in [0, 0.05) is 4.75 Å². The maximum absolute atomic E-state index is 10.6. The van der Waals surface area contributed by atoms with E-state index in [1.807, 2.05) is 19.9 Å². The SMILES string of the molecule is C=CCCSC(C)(C)[C@@H](N)C(=O)O. The fourth-order valence-corrected chi connectivity index (χ4v) is 1.88. The molecule has 0 fully saturated rings. The highest BCUT2D eigenvalue weighted by Gasteiger charge is 2.31. The standard InChI is InChI=1S/C9H17NO2S/c1-4-5-6-13-9(2,3)7(10)8(11)12/h4,7H,1,5-6,10H2,2-3H3,(H,11,12)/t7-/m0/s1. The van der Waals surface area contributed by atoms with Crippen molar-refractivity contribution < 1.29 is 9.90 Å². The lowest BCUT2D eigenvalue weighted by molar-refractivity contribution is -0.139. The number of nitrogens with two attached hydrogens (primary N) is 1. The number of thioether (sulfide) groups is 1. The minimum atomic E-state index is -0.948. The van der Waals surface area contributed by atoms with Gasteiger partial charge in [0.15, 0.2) is 0 Å². The number of carbonyl (C=O) groups is 1. The summed E-state index contributed by atoms with van der Waals surface area (Å²) in [6.45, 7) is 7.29. The van der Waals surface area contributed by atoms with Crippen molar-refractivity contribution in [2.45, 2.75) is 31.1 Å². The number of aliphatic carboxylic acids is 1. The van der Waals surface area contributed by atoms with Crippen LogP contribution in [0.1, 0.15) is 20.3 Å². The lowest BCUT2D eigenvalue weighted by atomic mass is 10.1. The zero-order valence-electron chi connectivity index (χ0n) is 8.12. The molecule has 0 unspecified atom stereocenters. The van der Waals surface area contributed by atoms with Gasteiger partial charge < -0.3 is 10.8 Å². The van der Waals surface area contributed by atoms with Crippen LogP contribution in [0, 0.1) is 0 Å². The highest BCUT2D eigenvalue weighted by atomic mass is 32.2. The number of hydrogen-bond acceptors (Lipinski definition) is 3. The highest BCUT2D eigenvalue weighted by Crippen LogP contribution is 2.27. The van der Waals surface area contributed by atoms with E-state index in [9.17, 15) is 4.79 Å². The Kier molecular flexibility index (Phi) is 5.10. The van der Waals surface area contributed by atoms with E-state index in [-0.39, 0.29) is 0 Å². The molecule has 76 valence electrons. The molecule has 4 heteroatoms. The van der Waals surface area contributed by atoms with Crippen LogP contribution in [-0.4, -0.2) is 27.6 Å². The van der Waals surface area contributed by atoms with Crippen LogP contribution in [0.5, 0.6) is 0 Å². The molecule has 13 heavy (non-hydrogen) atoms. The molecule has 0 heterocycles. The molecule has 0 saturated heterocycles. The molecule has 3 N–H and O–H groups in total. The topological polar surface area (TPSA) is 63.3 Å². The second kappa shape index (κ2) is 5.29. The molecule has 0 aliphatic heterocycles. The Hall–Kier alpha value is -0.480. The summed E-state index contributed by atoms with van der Waals surface area (Å²) in [6.07, 6.45) is 2.69. The van der Waals surface area contributed by atoms with Gasteiger partial charge in [0.2, 0.25) is 0 Å². The van der Waals surface area contributed by atoms with Crippen LogP contribution in [0.3, 0.4) is 0 Å². The molecule has 0 aromatic heterocycles. The number of allylic oxidation sites excluding steroid dienone is 1. The zero-order valence-corrected chi connectivity index (χ0v) is 8.93. The summed E-state index contributed by atoms with van der Waals surface area (Å²) in [5.74, 6) is -0.0894. The normalized spacial score (nSPS) is 13.8. The number of carboxylic acid groups (broad SMARTS) is 1. The highest BCUT2D eigenvalue weighted by molar-refractivity contribution is 8.00. The third-order valence-electron chi connectivity index (χ3n) is 1.81. The molecular formula is C9H17NO2S. The quantitative estimate of drug-likeness (QED) is 0.507. The summed E-state index contributed by atoms with van der Waals surface area (Å²) in [7, 11) is 0. The van der Waals surface area contributed by atoms with Crippen LogP contribution in [-0.2, 0) is 4.79 Å². The van der Waals surface area contributed by atoms with E-state index in [1.54, 1.807) is 11.8 Å². The van der Waals surface area contributed by atoms with Crippen molar-refractivity contribution in [2.75, 3.05) is 5.75 Å². The van der Waals surface area contributed by atoms with E-state index in [2.05, 4.69) is 6.58 Å². The first-order chi connectivity index (χ1) is 5.91. The molecule has 0 aromatic carbocycles. The first-order valence-corrected chi connectivity index (χ1v) is 5.13. The van der Waals surface area contributed by atoms with E-state index in [0.29, 0.717) is 0 Å². The molecule has 0 amide bonds. The molecular weight excluding hydrogens is 186 g/mol. The van der Waals surface area contributed by atoms with Gasteiger partial charge in [-0.2, -0.15) is 11.8 Å². The van der Waals surface area contributed by atoms with Gasteiger partial charge in [-0.3, -0.25) is 4.79 Å². The van der Waals surface area contributed by atoms with Crippen molar-refractivity contribution in [3.63, 3.8) is 0 Å². The number of carboxylic acids is 1. The first kappa shape index (κ1) is 12.5. The van der Waals surface area contributed by atoms with Gasteiger partial charge in [-0.25, -0.2) is 0 Å². The Labute approximate surface area is 83.4 Å². The van der Waals surface area contributed by atoms with E-state index >= 15 is 0 Å². The van der Waals surface area contributed by atoms with Gasteiger partial charge in [-0.15, -0.1) is 6.58 Å². The molecule has 0 radical (unpaired) electrons. The van der Waals surface area contributed by atoms with Crippen molar-refractivity contribution >= 4 is 17.7 Å². The Bertz CT molecular complexity index is 192. The molecule has 0 aliphatic rings. The molecule has 0 aliphatic carbocycles. The van der Waals surface area contributed by atoms with E-state index in [0.717, 1.165) is 12.2 Å². The summed E-state index contributed by atoms with van der Waals surface area (Å²) < 4.78 is -0.422. The molecule has 0 bridgehead atoms. The van der Waals surface area contributed by atoms with Crippen molar-refractivity contribution in [3.8, 4) is 0 Å². The molecule has 0 aromatic rings. The van der Waals surface area contributed by atoms with Gasteiger partial charge in [0.1, 0.15) is 6.04 Å². The van der Waals surface area contributed by atoms with Gasteiger partial charge in [-0.05, 0) is 26.0 Å². The van der Waals surface area contributed by atoms with E-state index in [1.165, 1.54) is 0 Å². The van der Waals surface area contributed by atoms with Crippen LogP contribution in [0.2, 0.25) is 0 Å². The van der Waals surface area contributed by atoms with Crippen molar-refractivity contribution in [1.29, 1.82) is 0 Å². The van der Waals surface area contributed by atoms with E-state index < -0.39 is 16.8 Å². The molecule has 0 spiro atoms. The monoisotopic (exact) mass is 203 g/mol. The first-order valence-electron chi connectivity index (χ1n) is 4.15. The Morgan fingerprint density at radius 3 is 2.69 bits per heavy atom. The summed E-state index contributed by atoms with van der Waals surface area (Å²) in [5, 5.41) is 8.72. The fraction of sp³-hybridized carbons (Fsp3) is 0.667. The van der Waals surface area contributed by atoms with E-state index in [4.69, 9.17) is 10.8 Å². The summed E-state index contributed by atoms with van der Waals surface area (Å²) in [4.78, 5) is 10.6. The Morgan fingerprint density at radius 1 is 1.77 bits per heavy atom. The third-order valence-corrected chi connectivity index (χ3v) is 3.25. The van der Waals surface area contributed by atoms with Crippen LogP contribution < -0.4 is 5.73 Å². The maximum Gasteiger partial charge on any atom is 0.321 e. The van der Waals surface area contributed by atoms with Gasteiger partial charge in [-0.1, -0.05) is 6.08 Å². The predicted octanol–water partition coefficient (Wildman–Crippen LogP) is 1.49. The van der Waals surface area contributed by atoms with Crippen LogP contribution in [0.4, 0.5) is 0 Å². The summed E-state index contributed by atoms with van der Waals surface area (Å²) >= 11 is 1.56.